The van der Waals surface area contributed by atoms with Gasteiger partial charge in [0.05, 0.1) is 6.04 Å². The molecule has 2 amide bonds. The SMILES string of the molecule is O=C(NCCN1CCNCC1)N[C@@H](Cc1ccccc1)c1ccccc1. The first kappa shape index (κ1) is 18.4. The summed E-state index contributed by atoms with van der Waals surface area (Å²) in [6.45, 7) is 5.70. The number of nitrogens with one attached hydrogen (secondary N) is 3. The van der Waals surface area contributed by atoms with Gasteiger partial charge in [0, 0.05) is 39.3 Å². The van der Waals surface area contributed by atoms with Crippen LogP contribution in [0.5, 0.6) is 0 Å². The Labute approximate surface area is 155 Å². The molecule has 2 aromatic carbocycles. The number of nitrogens with zero attached hydrogens (tertiary/aromatic N) is 1. The smallest absolute Gasteiger partial charge is 0.315 e. The minimum atomic E-state index is -0.107. The Hall–Kier alpha value is -2.37. The van der Waals surface area contributed by atoms with Gasteiger partial charge < -0.3 is 16.0 Å². The van der Waals surface area contributed by atoms with E-state index in [9.17, 15) is 4.79 Å². The van der Waals surface area contributed by atoms with Crippen LogP contribution in [0, 0.1) is 0 Å². The fourth-order valence-corrected chi connectivity index (χ4v) is 3.26. The molecule has 138 valence electrons. The van der Waals surface area contributed by atoms with Crippen molar-refractivity contribution < 1.29 is 4.79 Å². The summed E-state index contributed by atoms with van der Waals surface area (Å²) in [6, 6.07) is 20.3. The summed E-state index contributed by atoms with van der Waals surface area (Å²) < 4.78 is 0. The molecule has 0 radical (unpaired) electrons. The summed E-state index contributed by atoms with van der Waals surface area (Å²) in [4.78, 5) is 14.8. The second kappa shape index (κ2) is 9.94. The maximum absolute atomic E-state index is 12.4. The predicted octanol–water partition coefficient (Wildman–Crippen LogP) is 2.17. The fraction of sp³-hybridized carbons (Fsp3) is 0.381. The number of rotatable bonds is 7. The number of carbonyl (C=O) groups is 1. The van der Waals surface area contributed by atoms with E-state index in [1.54, 1.807) is 0 Å². The molecule has 3 N–H and O–H groups in total. The molecule has 0 aliphatic carbocycles. The van der Waals surface area contributed by atoms with Crippen molar-refractivity contribution in [3.63, 3.8) is 0 Å². The molecule has 1 aliphatic heterocycles. The molecule has 1 atom stereocenters. The standard InChI is InChI=1S/C21H28N4O/c26-21(23-13-16-25-14-11-22-12-15-25)24-20(19-9-5-2-6-10-19)17-18-7-3-1-4-8-18/h1-10,20,22H,11-17H2,(H2,23,24,26)/t20-/m0/s1. The number of benzene rings is 2. The molecule has 0 spiro atoms. The maximum atomic E-state index is 12.4. The van der Waals surface area contributed by atoms with Gasteiger partial charge in [-0.25, -0.2) is 4.79 Å². The molecule has 5 nitrogen and oxygen atoms in total. The average Bonchev–Trinajstić information content (AvgIpc) is 2.70. The van der Waals surface area contributed by atoms with Gasteiger partial charge in [-0.2, -0.15) is 0 Å². The van der Waals surface area contributed by atoms with E-state index >= 15 is 0 Å². The van der Waals surface area contributed by atoms with Gasteiger partial charge in [-0.15, -0.1) is 0 Å². The Morgan fingerprint density at radius 3 is 2.35 bits per heavy atom. The first-order valence-electron chi connectivity index (χ1n) is 9.37. The topological polar surface area (TPSA) is 56.4 Å². The largest absolute Gasteiger partial charge is 0.337 e. The lowest BCUT2D eigenvalue weighted by Crippen LogP contribution is -2.47. The summed E-state index contributed by atoms with van der Waals surface area (Å²) >= 11 is 0. The first-order chi connectivity index (χ1) is 12.8. The quantitative estimate of drug-likeness (QED) is 0.716. The van der Waals surface area contributed by atoms with E-state index in [0.29, 0.717) is 6.54 Å². The van der Waals surface area contributed by atoms with Crippen LogP contribution in [-0.4, -0.2) is 50.2 Å². The van der Waals surface area contributed by atoms with E-state index in [4.69, 9.17) is 0 Å². The van der Waals surface area contributed by atoms with Gasteiger partial charge in [-0.1, -0.05) is 60.7 Å². The normalized spacial score (nSPS) is 16.0. The van der Waals surface area contributed by atoms with E-state index in [0.717, 1.165) is 44.7 Å². The summed E-state index contributed by atoms with van der Waals surface area (Å²) in [5.41, 5.74) is 2.33. The van der Waals surface area contributed by atoms with Crippen molar-refractivity contribution in [2.45, 2.75) is 12.5 Å². The molecular weight excluding hydrogens is 324 g/mol. The second-order valence-corrected chi connectivity index (χ2v) is 6.64. The van der Waals surface area contributed by atoms with Crippen LogP contribution in [0.3, 0.4) is 0 Å². The number of hydrogen-bond donors (Lipinski definition) is 3. The van der Waals surface area contributed by atoms with Gasteiger partial charge in [0.1, 0.15) is 0 Å². The average molecular weight is 352 g/mol. The number of urea groups is 1. The Balaban J connectivity index is 1.53. The lowest BCUT2D eigenvalue weighted by atomic mass is 9.99. The zero-order chi connectivity index (χ0) is 18.0. The predicted molar refractivity (Wildman–Crippen MR) is 105 cm³/mol. The van der Waals surface area contributed by atoms with Crippen LogP contribution in [0.4, 0.5) is 4.79 Å². The van der Waals surface area contributed by atoms with Gasteiger partial charge in [0.2, 0.25) is 0 Å². The van der Waals surface area contributed by atoms with Crippen molar-refractivity contribution >= 4 is 6.03 Å². The highest BCUT2D eigenvalue weighted by Crippen LogP contribution is 2.18. The fourth-order valence-electron chi connectivity index (χ4n) is 3.26. The molecule has 26 heavy (non-hydrogen) atoms. The van der Waals surface area contributed by atoms with E-state index in [1.807, 2.05) is 36.4 Å². The van der Waals surface area contributed by atoms with Crippen LogP contribution < -0.4 is 16.0 Å². The Morgan fingerprint density at radius 1 is 1.00 bits per heavy atom. The van der Waals surface area contributed by atoms with Crippen LogP contribution in [0.15, 0.2) is 60.7 Å². The molecule has 1 saturated heterocycles. The molecule has 1 aliphatic rings. The zero-order valence-corrected chi connectivity index (χ0v) is 15.2. The van der Waals surface area contributed by atoms with Crippen molar-refractivity contribution in [1.29, 1.82) is 0 Å². The van der Waals surface area contributed by atoms with Gasteiger partial charge in [0.25, 0.3) is 0 Å². The number of piperazine rings is 1. The lowest BCUT2D eigenvalue weighted by Gasteiger charge is -2.27. The van der Waals surface area contributed by atoms with Crippen LogP contribution in [0.1, 0.15) is 17.2 Å². The molecule has 0 unspecified atom stereocenters. The lowest BCUT2D eigenvalue weighted by molar-refractivity contribution is 0.224. The maximum Gasteiger partial charge on any atom is 0.315 e. The van der Waals surface area contributed by atoms with Crippen molar-refractivity contribution in [2.24, 2.45) is 0 Å². The van der Waals surface area contributed by atoms with E-state index < -0.39 is 0 Å². The molecule has 5 heteroatoms. The van der Waals surface area contributed by atoms with Crippen LogP contribution >= 0.6 is 0 Å². The highest BCUT2D eigenvalue weighted by atomic mass is 16.2. The zero-order valence-electron chi connectivity index (χ0n) is 15.2. The molecule has 0 bridgehead atoms. The molecule has 1 fully saturated rings. The van der Waals surface area contributed by atoms with Gasteiger partial charge in [-0.05, 0) is 17.5 Å². The highest BCUT2D eigenvalue weighted by Gasteiger charge is 2.15. The molecule has 3 rings (SSSR count). The number of hydrogen-bond acceptors (Lipinski definition) is 3. The minimum absolute atomic E-state index is 0.0437. The summed E-state index contributed by atoms with van der Waals surface area (Å²) in [7, 11) is 0. The van der Waals surface area contributed by atoms with Crippen LogP contribution in [0.2, 0.25) is 0 Å². The van der Waals surface area contributed by atoms with Gasteiger partial charge in [0.15, 0.2) is 0 Å². The summed E-state index contributed by atoms with van der Waals surface area (Å²) in [5, 5.41) is 9.48. The first-order valence-corrected chi connectivity index (χ1v) is 9.37. The van der Waals surface area contributed by atoms with E-state index in [-0.39, 0.29) is 12.1 Å². The Bertz CT molecular complexity index is 656. The van der Waals surface area contributed by atoms with E-state index in [1.165, 1.54) is 5.56 Å². The van der Waals surface area contributed by atoms with E-state index in [2.05, 4.69) is 45.1 Å². The number of carbonyl (C=O) groups excluding carboxylic acids is 1. The monoisotopic (exact) mass is 352 g/mol. The molecule has 0 aromatic heterocycles. The van der Waals surface area contributed by atoms with Crippen molar-refractivity contribution in [1.82, 2.24) is 20.9 Å². The van der Waals surface area contributed by atoms with Crippen LogP contribution in [0.25, 0.3) is 0 Å². The second-order valence-electron chi connectivity index (χ2n) is 6.64. The van der Waals surface area contributed by atoms with Crippen molar-refractivity contribution in [2.75, 3.05) is 39.3 Å². The van der Waals surface area contributed by atoms with Crippen molar-refractivity contribution in [3.8, 4) is 0 Å². The highest BCUT2D eigenvalue weighted by molar-refractivity contribution is 5.74. The van der Waals surface area contributed by atoms with Crippen LogP contribution in [-0.2, 0) is 6.42 Å². The van der Waals surface area contributed by atoms with Gasteiger partial charge in [-0.3, -0.25) is 4.90 Å². The number of amides is 2. The molecule has 0 saturated carbocycles. The Kier molecular flexibility index (Phi) is 7.05. The van der Waals surface area contributed by atoms with Crippen molar-refractivity contribution in [3.05, 3.63) is 71.8 Å². The summed E-state index contributed by atoms with van der Waals surface area (Å²) in [6.07, 6.45) is 0.774. The third-order valence-electron chi connectivity index (χ3n) is 4.71. The Morgan fingerprint density at radius 2 is 1.65 bits per heavy atom. The third kappa shape index (κ3) is 5.86. The minimum Gasteiger partial charge on any atom is -0.337 e. The third-order valence-corrected chi connectivity index (χ3v) is 4.71. The summed E-state index contributed by atoms with van der Waals surface area (Å²) in [5.74, 6) is 0. The molecule has 2 aromatic rings. The molecule has 1 heterocycles. The molecular formula is C21H28N4O. The van der Waals surface area contributed by atoms with Gasteiger partial charge >= 0.3 is 6.03 Å².